The fourth-order valence-corrected chi connectivity index (χ4v) is 3.75. The Balaban J connectivity index is 1.50. The van der Waals surface area contributed by atoms with Crippen molar-refractivity contribution < 1.29 is 13.6 Å². The molecule has 1 fully saturated rings. The van der Waals surface area contributed by atoms with Crippen molar-refractivity contribution >= 4 is 17.8 Å². The number of benzene rings is 1. The van der Waals surface area contributed by atoms with E-state index in [1.165, 1.54) is 12.1 Å². The summed E-state index contributed by atoms with van der Waals surface area (Å²) in [7, 11) is 0. The SMILES string of the molecule is O=C(NCc1ccc(F)cc1)N1CCSC(c2ccco2)CC1. The Morgan fingerprint density at radius 1 is 1.30 bits per heavy atom. The average Bonchev–Trinajstić information content (AvgIpc) is 2.98. The standard InChI is InChI=1S/C17H19FN2O2S/c18-14-5-3-13(4-6-14)12-19-17(21)20-8-7-16(23-11-9-20)15-2-1-10-22-15/h1-6,10,16H,7-9,11-12H2,(H,19,21). The van der Waals surface area contributed by atoms with Crippen molar-refractivity contribution in [2.75, 3.05) is 18.8 Å². The van der Waals surface area contributed by atoms with Gasteiger partial charge >= 0.3 is 6.03 Å². The lowest BCUT2D eigenvalue weighted by Gasteiger charge is -2.20. The van der Waals surface area contributed by atoms with E-state index in [-0.39, 0.29) is 11.8 Å². The van der Waals surface area contributed by atoms with Gasteiger partial charge in [-0.05, 0) is 36.2 Å². The number of carbonyl (C=O) groups is 1. The summed E-state index contributed by atoms with van der Waals surface area (Å²) in [5, 5.41) is 3.20. The van der Waals surface area contributed by atoms with E-state index in [1.54, 1.807) is 18.4 Å². The van der Waals surface area contributed by atoms with Gasteiger partial charge in [-0.25, -0.2) is 9.18 Å². The van der Waals surface area contributed by atoms with Crippen LogP contribution in [0.3, 0.4) is 0 Å². The van der Waals surface area contributed by atoms with Crippen LogP contribution in [0.25, 0.3) is 0 Å². The number of carbonyl (C=O) groups excluding carboxylic acids is 1. The van der Waals surface area contributed by atoms with Crippen LogP contribution in [0.2, 0.25) is 0 Å². The van der Waals surface area contributed by atoms with Crippen LogP contribution in [0, 0.1) is 5.82 Å². The highest BCUT2D eigenvalue weighted by Crippen LogP contribution is 2.34. The minimum absolute atomic E-state index is 0.0741. The van der Waals surface area contributed by atoms with E-state index in [1.807, 2.05) is 28.8 Å². The van der Waals surface area contributed by atoms with Gasteiger partial charge in [0.25, 0.3) is 0 Å². The highest BCUT2D eigenvalue weighted by molar-refractivity contribution is 7.99. The molecule has 1 saturated heterocycles. The zero-order chi connectivity index (χ0) is 16.1. The van der Waals surface area contributed by atoms with Gasteiger partial charge in [-0.15, -0.1) is 11.8 Å². The molecular weight excluding hydrogens is 315 g/mol. The first-order valence-corrected chi connectivity index (χ1v) is 8.69. The van der Waals surface area contributed by atoms with E-state index in [2.05, 4.69) is 5.32 Å². The molecule has 2 heterocycles. The van der Waals surface area contributed by atoms with Crippen LogP contribution < -0.4 is 5.32 Å². The molecular formula is C17H19FN2O2S. The quantitative estimate of drug-likeness (QED) is 0.928. The summed E-state index contributed by atoms with van der Waals surface area (Å²) >= 11 is 1.82. The van der Waals surface area contributed by atoms with E-state index >= 15 is 0 Å². The second-order valence-electron chi connectivity index (χ2n) is 5.44. The lowest BCUT2D eigenvalue weighted by atomic mass is 10.2. The lowest BCUT2D eigenvalue weighted by Crippen LogP contribution is -2.40. The number of hydrogen-bond donors (Lipinski definition) is 1. The number of rotatable bonds is 3. The zero-order valence-corrected chi connectivity index (χ0v) is 13.5. The largest absolute Gasteiger partial charge is 0.468 e. The molecule has 6 heteroatoms. The maximum Gasteiger partial charge on any atom is 0.317 e. The van der Waals surface area contributed by atoms with Crippen LogP contribution in [0.15, 0.2) is 47.1 Å². The third kappa shape index (κ3) is 4.28. The van der Waals surface area contributed by atoms with Crippen molar-refractivity contribution in [1.29, 1.82) is 0 Å². The molecule has 1 N–H and O–H groups in total. The highest BCUT2D eigenvalue weighted by atomic mass is 32.2. The Labute approximate surface area is 139 Å². The van der Waals surface area contributed by atoms with Gasteiger partial charge in [0, 0.05) is 25.4 Å². The third-order valence-electron chi connectivity index (χ3n) is 3.85. The molecule has 0 saturated carbocycles. The summed E-state index contributed by atoms with van der Waals surface area (Å²) in [6, 6.07) is 9.98. The predicted octanol–water partition coefficient (Wildman–Crippen LogP) is 3.81. The monoisotopic (exact) mass is 334 g/mol. The van der Waals surface area contributed by atoms with Crippen molar-refractivity contribution in [3.63, 3.8) is 0 Å². The normalized spacial score (nSPS) is 18.5. The van der Waals surface area contributed by atoms with Crippen LogP contribution in [-0.2, 0) is 6.54 Å². The molecule has 1 aliphatic rings. The van der Waals surface area contributed by atoms with Crippen molar-refractivity contribution in [3.8, 4) is 0 Å². The van der Waals surface area contributed by atoms with Gasteiger partial charge in [0.1, 0.15) is 11.6 Å². The van der Waals surface area contributed by atoms with E-state index in [0.717, 1.165) is 30.0 Å². The number of hydrogen-bond acceptors (Lipinski definition) is 3. The summed E-state index contributed by atoms with van der Waals surface area (Å²) in [5.74, 6) is 1.59. The molecule has 0 radical (unpaired) electrons. The summed E-state index contributed by atoms with van der Waals surface area (Å²) in [6.45, 7) is 1.83. The maximum absolute atomic E-state index is 12.9. The van der Waals surface area contributed by atoms with Crippen LogP contribution in [0.5, 0.6) is 0 Å². The van der Waals surface area contributed by atoms with E-state index in [9.17, 15) is 9.18 Å². The van der Waals surface area contributed by atoms with Gasteiger partial charge in [0.15, 0.2) is 0 Å². The number of halogens is 1. The smallest absolute Gasteiger partial charge is 0.317 e. The molecule has 0 aliphatic carbocycles. The second-order valence-corrected chi connectivity index (χ2v) is 6.75. The third-order valence-corrected chi connectivity index (χ3v) is 5.13. The van der Waals surface area contributed by atoms with Crippen molar-refractivity contribution in [2.24, 2.45) is 0 Å². The molecule has 0 bridgehead atoms. The van der Waals surface area contributed by atoms with E-state index in [0.29, 0.717) is 18.3 Å². The molecule has 1 unspecified atom stereocenters. The molecule has 2 amide bonds. The van der Waals surface area contributed by atoms with Crippen LogP contribution >= 0.6 is 11.8 Å². The molecule has 4 nitrogen and oxygen atoms in total. The maximum atomic E-state index is 12.9. The summed E-state index contributed by atoms with van der Waals surface area (Å²) < 4.78 is 18.3. The molecule has 1 aliphatic heterocycles. The average molecular weight is 334 g/mol. The highest BCUT2D eigenvalue weighted by Gasteiger charge is 2.23. The minimum atomic E-state index is -0.270. The minimum Gasteiger partial charge on any atom is -0.468 e. The van der Waals surface area contributed by atoms with Gasteiger partial charge in [-0.2, -0.15) is 0 Å². The summed E-state index contributed by atoms with van der Waals surface area (Å²) in [6.07, 6.45) is 2.57. The van der Waals surface area contributed by atoms with Crippen LogP contribution in [0.4, 0.5) is 9.18 Å². The van der Waals surface area contributed by atoms with Gasteiger partial charge < -0.3 is 14.6 Å². The Morgan fingerprint density at radius 2 is 2.13 bits per heavy atom. The number of urea groups is 1. The number of furan rings is 1. The Morgan fingerprint density at radius 3 is 2.87 bits per heavy atom. The molecule has 1 atom stereocenters. The predicted molar refractivity (Wildman–Crippen MR) is 88.7 cm³/mol. The van der Waals surface area contributed by atoms with Crippen LogP contribution in [0.1, 0.15) is 23.0 Å². The fraction of sp³-hybridized carbons (Fsp3) is 0.353. The zero-order valence-electron chi connectivity index (χ0n) is 12.7. The number of nitrogens with one attached hydrogen (secondary N) is 1. The molecule has 23 heavy (non-hydrogen) atoms. The number of amides is 2. The Bertz CT molecular complexity index is 631. The molecule has 2 aromatic rings. The number of thioether (sulfide) groups is 1. The van der Waals surface area contributed by atoms with E-state index in [4.69, 9.17) is 4.42 Å². The molecule has 3 rings (SSSR count). The number of nitrogens with zero attached hydrogens (tertiary/aromatic N) is 1. The van der Waals surface area contributed by atoms with Crippen LogP contribution in [-0.4, -0.2) is 29.8 Å². The van der Waals surface area contributed by atoms with Crippen molar-refractivity contribution in [3.05, 3.63) is 59.8 Å². The van der Waals surface area contributed by atoms with Gasteiger partial charge in [0.2, 0.25) is 0 Å². The molecule has 0 spiro atoms. The first-order chi connectivity index (χ1) is 11.2. The fourth-order valence-electron chi connectivity index (χ4n) is 2.57. The molecule has 1 aromatic carbocycles. The Hall–Kier alpha value is -1.95. The molecule has 122 valence electrons. The topological polar surface area (TPSA) is 45.5 Å². The lowest BCUT2D eigenvalue weighted by molar-refractivity contribution is 0.200. The summed E-state index contributed by atoms with van der Waals surface area (Å²) in [5.41, 5.74) is 0.886. The first-order valence-electron chi connectivity index (χ1n) is 7.64. The molecule has 1 aromatic heterocycles. The van der Waals surface area contributed by atoms with Crippen molar-refractivity contribution in [2.45, 2.75) is 18.2 Å². The second kappa shape index (κ2) is 7.55. The van der Waals surface area contributed by atoms with E-state index < -0.39 is 0 Å². The first kappa shape index (κ1) is 15.9. The van der Waals surface area contributed by atoms with Gasteiger partial charge in [-0.1, -0.05) is 12.1 Å². The van der Waals surface area contributed by atoms with Gasteiger partial charge in [-0.3, -0.25) is 0 Å². The summed E-state index contributed by atoms with van der Waals surface area (Å²) in [4.78, 5) is 14.1. The Kier molecular flexibility index (Phi) is 5.23. The van der Waals surface area contributed by atoms with Gasteiger partial charge in [0.05, 0.1) is 11.5 Å². The van der Waals surface area contributed by atoms with Crippen molar-refractivity contribution in [1.82, 2.24) is 10.2 Å².